The first kappa shape index (κ1) is 14.2. The monoisotopic (exact) mass is 280 g/mol. The molecule has 0 radical (unpaired) electrons. The Balaban J connectivity index is 2.38. The summed E-state index contributed by atoms with van der Waals surface area (Å²) in [7, 11) is 1.68. The van der Waals surface area contributed by atoms with Gasteiger partial charge in [-0.2, -0.15) is 0 Å². The number of nitrogen functional groups attached to an aromatic ring is 1. The Morgan fingerprint density at radius 2 is 2.10 bits per heavy atom. The van der Waals surface area contributed by atoms with E-state index in [0.717, 1.165) is 12.3 Å². The summed E-state index contributed by atoms with van der Waals surface area (Å²) in [6.07, 6.45) is 0.951. The van der Waals surface area contributed by atoms with Crippen LogP contribution in [0.15, 0.2) is 12.3 Å². The molecular formula is C13H17FN4O2. The Hall–Kier alpha value is -2.18. The number of hydrogen-bond donors (Lipinski definition) is 1. The largest absolute Gasteiger partial charge is 0.383 e. The molecule has 0 aromatic carbocycles. The second-order valence-corrected chi connectivity index (χ2v) is 5.33. The summed E-state index contributed by atoms with van der Waals surface area (Å²) in [4.78, 5) is 31.3. The number of halogens is 1. The van der Waals surface area contributed by atoms with Gasteiger partial charge >= 0.3 is 0 Å². The molecule has 1 aliphatic heterocycles. The highest BCUT2D eigenvalue weighted by Gasteiger charge is 2.43. The summed E-state index contributed by atoms with van der Waals surface area (Å²) in [5, 5.41) is 0. The zero-order chi connectivity index (χ0) is 15.1. The number of rotatable bonds is 1. The Kier molecular flexibility index (Phi) is 3.37. The Labute approximate surface area is 116 Å². The lowest BCUT2D eigenvalue weighted by Crippen LogP contribution is -2.63. The van der Waals surface area contributed by atoms with Crippen molar-refractivity contribution >= 4 is 17.6 Å². The molecule has 1 aliphatic rings. The van der Waals surface area contributed by atoms with Crippen LogP contribution in [0.3, 0.4) is 0 Å². The maximum absolute atomic E-state index is 13.2. The summed E-state index contributed by atoms with van der Waals surface area (Å²) < 4.78 is 13.2. The fourth-order valence-electron chi connectivity index (χ4n) is 2.34. The Morgan fingerprint density at radius 3 is 2.75 bits per heavy atom. The van der Waals surface area contributed by atoms with E-state index in [1.165, 1.54) is 4.90 Å². The molecule has 1 aromatic heterocycles. The molecule has 0 bridgehead atoms. The van der Waals surface area contributed by atoms with Crippen molar-refractivity contribution in [2.45, 2.75) is 19.4 Å². The molecule has 7 heteroatoms. The second-order valence-electron chi connectivity index (χ2n) is 5.33. The van der Waals surface area contributed by atoms with Crippen molar-refractivity contribution < 1.29 is 14.0 Å². The lowest BCUT2D eigenvalue weighted by molar-refractivity contribution is -0.144. The van der Waals surface area contributed by atoms with Crippen molar-refractivity contribution in [3.8, 4) is 0 Å². The zero-order valence-electron chi connectivity index (χ0n) is 11.7. The number of nitrogens with zero attached hydrogens (tertiary/aromatic N) is 3. The van der Waals surface area contributed by atoms with Crippen molar-refractivity contribution in [1.82, 2.24) is 14.8 Å². The SMILES string of the molecule is CN1CCN(C(=O)c2cc(F)cnc2N)C(C)(C)C1=O. The van der Waals surface area contributed by atoms with Crippen LogP contribution in [0.1, 0.15) is 24.2 Å². The molecule has 1 aromatic rings. The van der Waals surface area contributed by atoms with E-state index in [4.69, 9.17) is 5.73 Å². The van der Waals surface area contributed by atoms with E-state index in [0.29, 0.717) is 13.1 Å². The van der Waals surface area contributed by atoms with E-state index >= 15 is 0 Å². The quantitative estimate of drug-likeness (QED) is 0.812. The maximum atomic E-state index is 13.2. The molecule has 0 spiro atoms. The van der Waals surface area contributed by atoms with Crippen LogP contribution < -0.4 is 5.73 Å². The third-order valence-corrected chi connectivity index (χ3v) is 3.56. The third kappa shape index (κ3) is 2.19. The molecule has 2 N–H and O–H groups in total. The van der Waals surface area contributed by atoms with Gasteiger partial charge in [0.15, 0.2) is 0 Å². The molecule has 20 heavy (non-hydrogen) atoms. The number of amides is 2. The van der Waals surface area contributed by atoms with Crippen LogP contribution in [0.4, 0.5) is 10.2 Å². The van der Waals surface area contributed by atoms with Gasteiger partial charge in [0, 0.05) is 20.1 Å². The number of pyridine rings is 1. The number of piperazine rings is 1. The first-order chi connectivity index (χ1) is 9.25. The van der Waals surface area contributed by atoms with Gasteiger partial charge in [-0.3, -0.25) is 9.59 Å². The molecule has 2 rings (SSSR count). The molecule has 6 nitrogen and oxygen atoms in total. The molecule has 2 heterocycles. The maximum Gasteiger partial charge on any atom is 0.258 e. The fourth-order valence-corrected chi connectivity index (χ4v) is 2.34. The van der Waals surface area contributed by atoms with Crippen molar-refractivity contribution in [1.29, 1.82) is 0 Å². The third-order valence-electron chi connectivity index (χ3n) is 3.56. The van der Waals surface area contributed by atoms with E-state index in [1.54, 1.807) is 25.8 Å². The molecule has 1 fully saturated rings. The van der Waals surface area contributed by atoms with Crippen molar-refractivity contribution in [3.05, 3.63) is 23.6 Å². The van der Waals surface area contributed by atoms with Crippen molar-refractivity contribution in [2.24, 2.45) is 0 Å². The van der Waals surface area contributed by atoms with Gasteiger partial charge in [0.2, 0.25) is 5.91 Å². The van der Waals surface area contributed by atoms with Gasteiger partial charge in [0.1, 0.15) is 17.2 Å². The minimum absolute atomic E-state index is 0.0181. The van der Waals surface area contributed by atoms with Crippen LogP contribution in [0.5, 0.6) is 0 Å². The highest BCUT2D eigenvalue weighted by molar-refractivity contribution is 6.02. The molecule has 1 saturated heterocycles. The fraction of sp³-hybridized carbons (Fsp3) is 0.462. The number of likely N-dealkylation sites (N-methyl/N-ethyl adjacent to an activating group) is 1. The molecule has 0 atom stereocenters. The molecule has 0 aliphatic carbocycles. The summed E-state index contributed by atoms with van der Waals surface area (Å²) >= 11 is 0. The van der Waals surface area contributed by atoms with Crippen LogP contribution in [0.25, 0.3) is 0 Å². The number of nitrogens with two attached hydrogens (primary N) is 1. The predicted molar refractivity (Wildman–Crippen MR) is 71.4 cm³/mol. The first-order valence-electron chi connectivity index (χ1n) is 6.23. The van der Waals surface area contributed by atoms with Crippen LogP contribution in [-0.2, 0) is 4.79 Å². The van der Waals surface area contributed by atoms with Gasteiger partial charge in [-0.1, -0.05) is 0 Å². The Morgan fingerprint density at radius 1 is 1.45 bits per heavy atom. The van der Waals surface area contributed by atoms with E-state index in [-0.39, 0.29) is 17.3 Å². The first-order valence-corrected chi connectivity index (χ1v) is 6.23. The minimum atomic E-state index is -0.997. The van der Waals surface area contributed by atoms with Crippen molar-refractivity contribution in [3.63, 3.8) is 0 Å². The lowest BCUT2D eigenvalue weighted by atomic mass is 9.96. The normalized spacial score (nSPS) is 18.3. The van der Waals surface area contributed by atoms with E-state index in [9.17, 15) is 14.0 Å². The van der Waals surface area contributed by atoms with Crippen LogP contribution in [-0.4, -0.2) is 52.3 Å². The van der Waals surface area contributed by atoms with E-state index in [1.807, 2.05) is 0 Å². The average molecular weight is 280 g/mol. The highest BCUT2D eigenvalue weighted by atomic mass is 19.1. The number of hydrogen-bond acceptors (Lipinski definition) is 4. The summed E-state index contributed by atoms with van der Waals surface area (Å²) in [6.45, 7) is 4.11. The minimum Gasteiger partial charge on any atom is -0.383 e. The summed E-state index contributed by atoms with van der Waals surface area (Å²) in [6, 6.07) is 1.05. The zero-order valence-corrected chi connectivity index (χ0v) is 11.7. The topological polar surface area (TPSA) is 79.5 Å². The van der Waals surface area contributed by atoms with Gasteiger partial charge in [0.05, 0.1) is 11.8 Å². The van der Waals surface area contributed by atoms with Gasteiger partial charge in [-0.05, 0) is 19.9 Å². The number of carbonyl (C=O) groups is 2. The summed E-state index contributed by atoms with van der Waals surface area (Å²) in [5.74, 6) is -1.33. The van der Waals surface area contributed by atoms with Gasteiger partial charge in [0.25, 0.3) is 5.91 Å². The number of anilines is 1. The van der Waals surface area contributed by atoms with Crippen LogP contribution in [0, 0.1) is 5.82 Å². The molecular weight excluding hydrogens is 263 g/mol. The molecule has 108 valence electrons. The van der Waals surface area contributed by atoms with E-state index < -0.39 is 17.3 Å². The summed E-state index contributed by atoms with van der Waals surface area (Å²) in [5.41, 5.74) is 4.61. The van der Waals surface area contributed by atoms with Gasteiger partial charge < -0.3 is 15.5 Å². The smallest absolute Gasteiger partial charge is 0.258 e. The predicted octanol–water partition coefficient (Wildman–Crippen LogP) is 0.496. The Bertz CT molecular complexity index is 573. The average Bonchev–Trinajstić information content (AvgIpc) is 2.38. The van der Waals surface area contributed by atoms with Crippen LogP contribution in [0.2, 0.25) is 0 Å². The molecule has 0 unspecified atom stereocenters. The lowest BCUT2D eigenvalue weighted by Gasteiger charge is -2.44. The van der Waals surface area contributed by atoms with Gasteiger partial charge in [-0.15, -0.1) is 0 Å². The van der Waals surface area contributed by atoms with Crippen molar-refractivity contribution in [2.75, 3.05) is 25.9 Å². The molecule has 2 amide bonds. The van der Waals surface area contributed by atoms with Gasteiger partial charge in [-0.25, -0.2) is 9.37 Å². The van der Waals surface area contributed by atoms with E-state index in [2.05, 4.69) is 4.98 Å². The number of carbonyl (C=O) groups excluding carboxylic acids is 2. The standard InChI is InChI=1S/C13H17FN4O2/c1-13(2)12(20)17(3)4-5-18(13)11(19)9-6-8(14)7-16-10(9)15/h6-7H,4-5H2,1-3H3,(H2,15,16). The highest BCUT2D eigenvalue weighted by Crippen LogP contribution is 2.25. The number of aromatic nitrogens is 1. The van der Waals surface area contributed by atoms with Crippen LogP contribution >= 0.6 is 0 Å². The second kappa shape index (κ2) is 4.73. The molecule has 0 saturated carbocycles.